The molecule has 0 fully saturated rings. The van der Waals surface area contributed by atoms with Crippen LogP contribution in [0.4, 0.5) is 5.69 Å². The number of aliphatic hydroxyl groups excluding tert-OH is 1. The van der Waals surface area contributed by atoms with E-state index in [9.17, 15) is 13.5 Å². The molecule has 1 atom stereocenters. The lowest BCUT2D eigenvalue weighted by Gasteiger charge is -2.12. The Kier molecular flexibility index (Phi) is 12.7. The van der Waals surface area contributed by atoms with E-state index in [1.807, 2.05) is 30.3 Å². The van der Waals surface area contributed by atoms with Gasteiger partial charge < -0.3 is 10.4 Å². The van der Waals surface area contributed by atoms with Crippen molar-refractivity contribution in [2.75, 3.05) is 17.8 Å². The number of aliphatic hydroxyl groups is 1. The molecule has 5 rings (SSSR count). The SMILES string of the molecule is CCCCCCc1ccc(-c2csc(CCc3ccc(S(=O)(=O)Nc4ccc(CCNC[C@H](O)c5cccnc5)cc4)cc3)n2)cc1. The number of sulfonamides is 1. The first kappa shape index (κ1) is 34.4. The molecular formula is C38H44N4O3S2. The van der Waals surface area contributed by atoms with Crippen molar-refractivity contribution in [2.24, 2.45) is 0 Å². The fourth-order valence-electron chi connectivity index (χ4n) is 5.36. The third-order valence-corrected chi connectivity index (χ3v) is 10.5. The Bertz CT molecular complexity index is 1760. The third-order valence-electron chi connectivity index (χ3n) is 8.19. The van der Waals surface area contributed by atoms with Crippen LogP contribution < -0.4 is 10.0 Å². The minimum Gasteiger partial charge on any atom is -0.387 e. The van der Waals surface area contributed by atoms with Crippen molar-refractivity contribution in [3.05, 3.63) is 130 Å². The molecule has 7 nitrogen and oxygen atoms in total. The Hall–Kier alpha value is -3.89. The van der Waals surface area contributed by atoms with E-state index in [4.69, 9.17) is 4.98 Å². The molecule has 0 radical (unpaired) electrons. The molecule has 0 spiro atoms. The lowest BCUT2D eigenvalue weighted by atomic mass is 10.0. The molecule has 0 bridgehead atoms. The molecule has 0 saturated carbocycles. The topological polar surface area (TPSA) is 104 Å². The smallest absolute Gasteiger partial charge is 0.261 e. The average Bonchev–Trinajstić information content (AvgIpc) is 3.58. The molecule has 3 aromatic carbocycles. The van der Waals surface area contributed by atoms with Crippen LogP contribution in [0, 0.1) is 0 Å². The molecule has 0 saturated heterocycles. The highest BCUT2D eigenvalue weighted by Crippen LogP contribution is 2.24. The number of hydrogen-bond acceptors (Lipinski definition) is 7. The number of unbranched alkanes of at least 4 members (excludes halogenated alkanes) is 3. The van der Waals surface area contributed by atoms with Crippen LogP contribution in [0.5, 0.6) is 0 Å². The maximum absolute atomic E-state index is 13.0. The van der Waals surface area contributed by atoms with Crippen molar-refractivity contribution < 1.29 is 13.5 Å². The maximum atomic E-state index is 13.0. The van der Waals surface area contributed by atoms with Gasteiger partial charge in [0.1, 0.15) is 0 Å². The number of nitrogens with zero attached hydrogens (tertiary/aromatic N) is 2. The standard InChI is InChI=1S/C38H44N4O3S2/c1-2-3-4-5-7-29-9-16-32(17-10-29)36-28-46-38(41-36)22-15-30-13-20-35(21-14-30)47(44,45)42-34-18-11-31(12-19-34)23-25-40-27-37(43)33-8-6-24-39-26-33/h6,8-14,16-21,24,26,28,37,40,42-43H,2-5,7,15,22-23,25,27H2,1H3/t37-/m0/s1. The van der Waals surface area contributed by atoms with Crippen LogP contribution in [-0.2, 0) is 35.7 Å². The van der Waals surface area contributed by atoms with E-state index in [2.05, 4.69) is 51.6 Å². The lowest BCUT2D eigenvalue weighted by molar-refractivity contribution is 0.174. The predicted octanol–water partition coefficient (Wildman–Crippen LogP) is 7.78. The Morgan fingerprint density at radius 2 is 1.51 bits per heavy atom. The first-order chi connectivity index (χ1) is 22.9. The van der Waals surface area contributed by atoms with Crippen molar-refractivity contribution >= 4 is 27.0 Å². The highest BCUT2D eigenvalue weighted by Gasteiger charge is 2.15. The second kappa shape index (κ2) is 17.3. The van der Waals surface area contributed by atoms with Crippen LogP contribution in [-0.4, -0.2) is 36.6 Å². The summed E-state index contributed by atoms with van der Waals surface area (Å²) in [6.07, 6.45) is 11.3. The van der Waals surface area contributed by atoms with Gasteiger partial charge in [-0.1, -0.05) is 80.8 Å². The molecule has 9 heteroatoms. The van der Waals surface area contributed by atoms with E-state index in [1.165, 1.54) is 31.2 Å². The van der Waals surface area contributed by atoms with Crippen LogP contribution in [0.15, 0.2) is 108 Å². The van der Waals surface area contributed by atoms with E-state index >= 15 is 0 Å². The van der Waals surface area contributed by atoms with Crippen LogP contribution in [0.3, 0.4) is 0 Å². The Labute approximate surface area is 283 Å². The number of aromatic nitrogens is 2. The minimum absolute atomic E-state index is 0.229. The Morgan fingerprint density at radius 3 is 2.23 bits per heavy atom. The van der Waals surface area contributed by atoms with Gasteiger partial charge in [-0.05, 0) is 79.3 Å². The summed E-state index contributed by atoms with van der Waals surface area (Å²) in [6, 6.07) is 26.9. The zero-order chi connectivity index (χ0) is 32.9. The molecule has 2 heterocycles. The van der Waals surface area contributed by atoms with Gasteiger partial charge >= 0.3 is 0 Å². The molecule has 246 valence electrons. The van der Waals surface area contributed by atoms with E-state index in [0.717, 1.165) is 58.6 Å². The molecule has 0 aliphatic heterocycles. The van der Waals surface area contributed by atoms with Gasteiger partial charge in [0.25, 0.3) is 10.0 Å². The van der Waals surface area contributed by atoms with E-state index in [-0.39, 0.29) is 4.90 Å². The summed E-state index contributed by atoms with van der Waals surface area (Å²) in [7, 11) is -3.71. The molecule has 0 unspecified atom stereocenters. The summed E-state index contributed by atoms with van der Waals surface area (Å²) in [6.45, 7) is 3.36. The molecule has 0 aliphatic rings. The predicted molar refractivity (Wildman–Crippen MR) is 192 cm³/mol. The van der Waals surface area contributed by atoms with E-state index in [0.29, 0.717) is 18.8 Å². The van der Waals surface area contributed by atoms with Gasteiger partial charge in [-0.25, -0.2) is 13.4 Å². The fraction of sp³-hybridized carbons (Fsp3) is 0.316. The maximum Gasteiger partial charge on any atom is 0.261 e. The Balaban J connectivity index is 1.06. The first-order valence-corrected chi connectivity index (χ1v) is 18.8. The van der Waals surface area contributed by atoms with Crippen LogP contribution in [0.1, 0.15) is 66.0 Å². The Morgan fingerprint density at radius 1 is 0.809 bits per heavy atom. The monoisotopic (exact) mass is 668 g/mol. The number of hydrogen-bond donors (Lipinski definition) is 3. The largest absolute Gasteiger partial charge is 0.387 e. The first-order valence-electron chi connectivity index (χ1n) is 16.4. The minimum atomic E-state index is -3.71. The van der Waals surface area contributed by atoms with Crippen LogP contribution >= 0.6 is 11.3 Å². The number of pyridine rings is 1. The summed E-state index contributed by atoms with van der Waals surface area (Å²) in [5, 5.41) is 16.7. The number of nitrogens with one attached hydrogen (secondary N) is 2. The summed E-state index contributed by atoms with van der Waals surface area (Å²) < 4.78 is 28.8. The number of thiazole rings is 1. The van der Waals surface area contributed by atoms with Crippen molar-refractivity contribution in [3.63, 3.8) is 0 Å². The van der Waals surface area contributed by atoms with Gasteiger partial charge in [-0.15, -0.1) is 11.3 Å². The van der Waals surface area contributed by atoms with Gasteiger partial charge in [-0.2, -0.15) is 0 Å². The molecule has 0 amide bonds. The highest BCUT2D eigenvalue weighted by molar-refractivity contribution is 7.92. The number of aryl methyl sites for hydroxylation is 3. The van der Waals surface area contributed by atoms with Crippen molar-refractivity contribution in [1.29, 1.82) is 0 Å². The molecule has 2 aromatic heterocycles. The average molecular weight is 669 g/mol. The highest BCUT2D eigenvalue weighted by atomic mass is 32.2. The summed E-state index contributed by atoms with van der Waals surface area (Å²) in [4.78, 5) is 9.12. The quantitative estimate of drug-likeness (QED) is 0.0824. The summed E-state index contributed by atoms with van der Waals surface area (Å²) >= 11 is 1.67. The molecular weight excluding hydrogens is 625 g/mol. The second-order valence-corrected chi connectivity index (χ2v) is 14.5. The normalized spacial score (nSPS) is 12.2. The molecule has 0 aliphatic carbocycles. The van der Waals surface area contributed by atoms with Gasteiger partial charge in [0, 0.05) is 47.6 Å². The lowest BCUT2D eigenvalue weighted by Crippen LogP contribution is -2.23. The van der Waals surface area contributed by atoms with E-state index in [1.54, 1.807) is 54.1 Å². The fourth-order valence-corrected chi connectivity index (χ4v) is 7.22. The zero-order valence-corrected chi connectivity index (χ0v) is 28.6. The number of benzene rings is 3. The summed E-state index contributed by atoms with van der Waals surface area (Å²) in [5.41, 5.74) is 6.97. The van der Waals surface area contributed by atoms with Gasteiger partial charge in [0.05, 0.1) is 21.7 Å². The molecule has 47 heavy (non-hydrogen) atoms. The van der Waals surface area contributed by atoms with E-state index < -0.39 is 16.1 Å². The van der Waals surface area contributed by atoms with Crippen molar-refractivity contribution in [2.45, 2.75) is 69.3 Å². The summed E-state index contributed by atoms with van der Waals surface area (Å²) in [5.74, 6) is 0. The molecule has 3 N–H and O–H groups in total. The van der Waals surface area contributed by atoms with Crippen LogP contribution in [0.2, 0.25) is 0 Å². The third kappa shape index (κ3) is 10.6. The number of anilines is 1. The zero-order valence-electron chi connectivity index (χ0n) is 26.9. The van der Waals surface area contributed by atoms with Crippen LogP contribution in [0.25, 0.3) is 11.3 Å². The number of rotatable bonds is 18. The molecule has 5 aromatic rings. The van der Waals surface area contributed by atoms with Gasteiger partial charge in [0.15, 0.2) is 0 Å². The van der Waals surface area contributed by atoms with Gasteiger partial charge in [-0.3, -0.25) is 9.71 Å². The second-order valence-electron chi connectivity index (χ2n) is 11.8. The van der Waals surface area contributed by atoms with Crippen molar-refractivity contribution in [1.82, 2.24) is 15.3 Å². The van der Waals surface area contributed by atoms with Crippen molar-refractivity contribution in [3.8, 4) is 11.3 Å². The van der Waals surface area contributed by atoms with Gasteiger partial charge in [0.2, 0.25) is 0 Å².